The van der Waals surface area contributed by atoms with Crippen molar-refractivity contribution in [2.24, 2.45) is 5.92 Å². The van der Waals surface area contributed by atoms with Crippen LogP contribution in [0.5, 0.6) is 0 Å². The van der Waals surface area contributed by atoms with Crippen LogP contribution in [0.25, 0.3) is 0 Å². The quantitative estimate of drug-likeness (QED) is 0.800. The monoisotopic (exact) mass is 298 g/mol. The van der Waals surface area contributed by atoms with Gasteiger partial charge in [0, 0.05) is 20.1 Å². The molecule has 1 unspecified atom stereocenters. The van der Waals surface area contributed by atoms with Crippen LogP contribution in [-0.2, 0) is 22.3 Å². The van der Waals surface area contributed by atoms with Gasteiger partial charge in [-0.15, -0.1) is 0 Å². The Morgan fingerprint density at radius 1 is 1.30 bits per heavy atom. The molecule has 0 aromatic heterocycles. The predicted octanol–water partition coefficient (Wildman–Crippen LogP) is 2.21. The summed E-state index contributed by atoms with van der Waals surface area (Å²) in [6.07, 6.45) is 0.984. The fourth-order valence-corrected chi connectivity index (χ4v) is 3.34. The van der Waals surface area contributed by atoms with Crippen LogP contribution in [0.15, 0.2) is 24.3 Å². The zero-order valence-corrected chi connectivity index (χ0v) is 13.7. The Balaban J connectivity index is 2.77. The summed E-state index contributed by atoms with van der Waals surface area (Å²) in [7, 11) is 0.307. The van der Waals surface area contributed by atoms with E-state index >= 15 is 0 Å². The van der Waals surface area contributed by atoms with Gasteiger partial charge in [0.25, 0.3) is 0 Å². The molecule has 0 spiro atoms. The lowest BCUT2D eigenvalue weighted by molar-refractivity contribution is 0.393. The Hall–Kier alpha value is -0.910. The summed E-state index contributed by atoms with van der Waals surface area (Å²) in [6, 6.07) is 7.72. The van der Waals surface area contributed by atoms with E-state index in [0.29, 0.717) is 12.5 Å². The number of nitrogens with zero attached hydrogens (tertiary/aromatic N) is 1. The van der Waals surface area contributed by atoms with Gasteiger partial charge in [0.05, 0.1) is 5.75 Å². The molecular weight excluding hydrogens is 272 g/mol. The summed E-state index contributed by atoms with van der Waals surface area (Å²) >= 11 is 0. The first kappa shape index (κ1) is 17.1. The van der Waals surface area contributed by atoms with E-state index < -0.39 is 10.0 Å². The molecule has 0 radical (unpaired) electrons. The van der Waals surface area contributed by atoms with Gasteiger partial charge in [0.1, 0.15) is 0 Å². The highest BCUT2D eigenvalue weighted by molar-refractivity contribution is 7.88. The number of hydrogen-bond donors (Lipinski definition) is 1. The van der Waals surface area contributed by atoms with Gasteiger partial charge in [0.2, 0.25) is 10.0 Å². The van der Waals surface area contributed by atoms with Crippen LogP contribution >= 0.6 is 0 Å². The van der Waals surface area contributed by atoms with Gasteiger partial charge in [-0.05, 0) is 24.1 Å². The van der Waals surface area contributed by atoms with Crippen LogP contribution < -0.4 is 5.32 Å². The molecule has 0 aliphatic rings. The lowest BCUT2D eigenvalue weighted by Crippen LogP contribution is -2.32. The highest BCUT2D eigenvalue weighted by Gasteiger charge is 2.20. The molecule has 1 aromatic rings. The van der Waals surface area contributed by atoms with Gasteiger partial charge in [-0.1, -0.05) is 44.5 Å². The van der Waals surface area contributed by atoms with Crippen LogP contribution in [0.4, 0.5) is 0 Å². The van der Waals surface area contributed by atoms with Crippen LogP contribution in [-0.4, -0.2) is 33.4 Å². The average molecular weight is 298 g/mol. The molecular formula is C15H26N2O2S. The van der Waals surface area contributed by atoms with Crippen LogP contribution in [0.2, 0.25) is 0 Å². The molecule has 0 aliphatic carbocycles. The van der Waals surface area contributed by atoms with Gasteiger partial charge in [-0.3, -0.25) is 0 Å². The van der Waals surface area contributed by atoms with Gasteiger partial charge < -0.3 is 5.32 Å². The molecule has 0 aliphatic heterocycles. The second kappa shape index (κ2) is 7.76. The van der Waals surface area contributed by atoms with Crippen LogP contribution in [0, 0.1) is 5.92 Å². The molecule has 0 amide bonds. The van der Waals surface area contributed by atoms with Crippen molar-refractivity contribution in [1.29, 1.82) is 0 Å². The number of rotatable bonds is 8. The summed E-state index contributed by atoms with van der Waals surface area (Å²) < 4.78 is 26.1. The summed E-state index contributed by atoms with van der Waals surface area (Å²) in [5, 5.41) is 3.07. The van der Waals surface area contributed by atoms with Gasteiger partial charge in [-0.25, -0.2) is 12.7 Å². The number of hydrogen-bond acceptors (Lipinski definition) is 3. The van der Waals surface area contributed by atoms with E-state index in [2.05, 4.69) is 19.2 Å². The molecule has 4 nitrogen and oxygen atoms in total. The second-order valence-corrected chi connectivity index (χ2v) is 7.48. The summed E-state index contributed by atoms with van der Waals surface area (Å²) in [6.45, 7) is 5.47. The van der Waals surface area contributed by atoms with E-state index in [9.17, 15) is 8.42 Å². The normalized spacial score (nSPS) is 13.7. The number of benzene rings is 1. The molecule has 114 valence electrons. The Labute approximate surface area is 123 Å². The summed E-state index contributed by atoms with van der Waals surface area (Å²) in [5.74, 6) is 0.447. The van der Waals surface area contributed by atoms with Crippen molar-refractivity contribution in [2.45, 2.75) is 32.6 Å². The Kier molecular flexibility index (Phi) is 6.65. The van der Waals surface area contributed by atoms with E-state index in [1.165, 1.54) is 4.31 Å². The first-order chi connectivity index (χ1) is 9.39. The third kappa shape index (κ3) is 5.23. The minimum Gasteiger partial charge on any atom is -0.316 e. The molecule has 1 atom stereocenters. The third-order valence-electron chi connectivity index (χ3n) is 3.46. The SMILES string of the molecule is CCC(C)CN(C)S(=O)(=O)Cc1cccc(CNC)c1. The second-order valence-electron chi connectivity index (χ2n) is 5.40. The molecule has 5 heteroatoms. The maximum atomic E-state index is 12.3. The average Bonchev–Trinajstić information content (AvgIpc) is 2.38. The number of nitrogens with one attached hydrogen (secondary N) is 1. The fourth-order valence-electron chi connectivity index (χ4n) is 2.04. The van der Waals surface area contributed by atoms with Crippen molar-refractivity contribution in [2.75, 3.05) is 20.6 Å². The minimum atomic E-state index is -3.24. The van der Waals surface area contributed by atoms with E-state index in [1.807, 2.05) is 31.3 Å². The topological polar surface area (TPSA) is 49.4 Å². The predicted molar refractivity (Wildman–Crippen MR) is 83.9 cm³/mol. The third-order valence-corrected chi connectivity index (χ3v) is 5.26. The van der Waals surface area contributed by atoms with Crippen molar-refractivity contribution in [3.8, 4) is 0 Å². The first-order valence-electron chi connectivity index (χ1n) is 7.05. The van der Waals surface area contributed by atoms with Crippen molar-refractivity contribution in [3.05, 3.63) is 35.4 Å². The van der Waals surface area contributed by atoms with Crippen molar-refractivity contribution in [1.82, 2.24) is 9.62 Å². The Morgan fingerprint density at radius 3 is 2.55 bits per heavy atom. The maximum absolute atomic E-state index is 12.3. The van der Waals surface area contributed by atoms with Crippen molar-refractivity contribution in [3.63, 3.8) is 0 Å². The largest absolute Gasteiger partial charge is 0.316 e. The fraction of sp³-hybridized carbons (Fsp3) is 0.600. The molecule has 0 fully saturated rings. The Bertz CT molecular complexity index is 514. The molecule has 1 rings (SSSR count). The van der Waals surface area contributed by atoms with Crippen LogP contribution in [0.1, 0.15) is 31.4 Å². The molecule has 20 heavy (non-hydrogen) atoms. The molecule has 0 heterocycles. The Morgan fingerprint density at radius 2 is 1.95 bits per heavy atom. The minimum absolute atomic E-state index is 0.0670. The van der Waals surface area contributed by atoms with Gasteiger partial charge in [-0.2, -0.15) is 0 Å². The molecule has 0 bridgehead atoms. The highest BCUT2D eigenvalue weighted by atomic mass is 32.2. The van der Waals surface area contributed by atoms with E-state index in [1.54, 1.807) is 7.05 Å². The van der Waals surface area contributed by atoms with Crippen molar-refractivity contribution < 1.29 is 8.42 Å². The zero-order chi connectivity index (χ0) is 15.2. The maximum Gasteiger partial charge on any atom is 0.218 e. The summed E-state index contributed by atoms with van der Waals surface area (Å²) in [5.41, 5.74) is 1.94. The highest BCUT2D eigenvalue weighted by Crippen LogP contribution is 2.14. The standard InChI is InChI=1S/C15H26N2O2S/c1-5-13(2)11-17(4)20(18,19)12-15-8-6-7-14(9-15)10-16-3/h6-9,13,16H,5,10-12H2,1-4H3. The van der Waals surface area contributed by atoms with E-state index in [4.69, 9.17) is 0 Å². The molecule has 1 aromatic carbocycles. The van der Waals surface area contributed by atoms with Gasteiger partial charge in [0.15, 0.2) is 0 Å². The van der Waals surface area contributed by atoms with Crippen molar-refractivity contribution >= 4 is 10.0 Å². The van der Waals surface area contributed by atoms with Crippen LogP contribution in [0.3, 0.4) is 0 Å². The molecule has 0 saturated heterocycles. The van der Waals surface area contributed by atoms with Gasteiger partial charge >= 0.3 is 0 Å². The van der Waals surface area contributed by atoms with E-state index in [0.717, 1.165) is 24.1 Å². The zero-order valence-electron chi connectivity index (χ0n) is 12.9. The van der Waals surface area contributed by atoms with E-state index in [-0.39, 0.29) is 5.75 Å². The smallest absolute Gasteiger partial charge is 0.218 e. The number of sulfonamides is 1. The first-order valence-corrected chi connectivity index (χ1v) is 8.66. The summed E-state index contributed by atoms with van der Waals surface area (Å²) in [4.78, 5) is 0. The lowest BCUT2D eigenvalue weighted by atomic mass is 10.1. The molecule has 1 N–H and O–H groups in total. The lowest BCUT2D eigenvalue weighted by Gasteiger charge is -2.20. The molecule has 0 saturated carbocycles.